The molecule has 0 aliphatic carbocycles. The third-order valence-corrected chi connectivity index (χ3v) is 3.50. The quantitative estimate of drug-likeness (QED) is 0.889. The molecule has 1 aliphatic heterocycles. The van der Waals surface area contributed by atoms with E-state index in [1.54, 1.807) is 4.90 Å². The SMILES string of the molecule is CC(C)(C)N1C(=O)CC(C(=O)O)C1c1ccccc1. The van der Waals surface area contributed by atoms with Crippen LogP contribution in [0, 0.1) is 5.92 Å². The third-order valence-electron chi connectivity index (χ3n) is 3.50. The van der Waals surface area contributed by atoms with Crippen molar-refractivity contribution >= 4 is 11.9 Å². The molecule has 1 saturated heterocycles. The number of hydrogen-bond acceptors (Lipinski definition) is 2. The summed E-state index contributed by atoms with van der Waals surface area (Å²) in [5.74, 6) is -1.67. The van der Waals surface area contributed by atoms with Crippen molar-refractivity contribution in [2.45, 2.75) is 38.8 Å². The van der Waals surface area contributed by atoms with Crippen LogP contribution in [0.3, 0.4) is 0 Å². The lowest BCUT2D eigenvalue weighted by Gasteiger charge is -2.38. The number of carbonyl (C=O) groups is 2. The molecule has 2 unspecified atom stereocenters. The molecule has 4 heteroatoms. The lowest BCUT2D eigenvalue weighted by atomic mass is 9.92. The summed E-state index contributed by atoms with van der Waals surface area (Å²) < 4.78 is 0. The highest BCUT2D eigenvalue weighted by molar-refractivity contribution is 5.87. The zero-order chi connectivity index (χ0) is 14.2. The number of amides is 1. The number of carbonyl (C=O) groups excluding carboxylic acids is 1. The van der Waals surface area contributed by atoms with Crippen LogP contribution in [0.4, 0.5) is 0 Å². The summed E-state index contributed by atoms with van der Waals surface area (Å²) in [5.41, 5.74) is 0.498. The predicted octanol–water partition coefficient (Wildman–Crippen LogP) is 2.46. The fourth-order valence-electron chi connectivity index (χ4n) is 2.78. The van der Waals surface area contributed by atoms with Crippen LogP contribution < -0.4 is 0 Å². The van der Waals surface area contributed by atoms with Crippen molar-refractivity contribution in [3.8, 4) is 0 Å². The highest BCUT2D eigenvalue weighted by Gasteiger charge is 2.48. The Morgan fingerprint density at radius 3 is 2.32 bits per heavy atom. The van der Waals surface area contributed by atoms with Gasteiger partial charge >= 0.3 is 5.97 Å². The lowest BCUT2D eigenvalue weighted by Crippen LogP contribution is -2.44. The molecule has 1 aliphatic rings. The molecule has 1 amide bonds. The van der Waals surface area contributed by atoms with Gasteiger partial charge in [-0.15, -0.1) is 0 Å². The molecule has 0 saturated carbocycles. The minimum Gasteiger partial charge on any atom is -0.481 e. The molecule has 0 bridgehead atoms. The average Bonchev–Trinajstić information content (AvgIpc) is 2.68. The fourth-order valence-corrected chi connectivity index (χ4v) is 2.78. The second-order valence-electron chi connectivity index (χ2n) is 5.94. The fraction of sp³-hybridized carbons (Fsp3) is 0.467. The van der Waals surface area contributed by atoms with Gasteiger partial charge in [-0.2, -0.15) is 0 Å². The highest BCUT2D eigenvalue weighted by Crippen LogP contribution is 2.42. The van der Waals surface area contributed by atoms with Gasteiger partial charge in [-0.1, -0.05) is 30.3 Å². The van der Waals surface area contributed by atoms with Gasteiger partial charge in [0.1, 0.15) is 0 Å². The van der Waals surface area contributed by atoms with Gasteiger partial charge in [0.15, 0.2) is 0 Å². The molecule has 1 aromatic carbocycles. The molecular weight excluding hydrogens is 242 g/mol. The summed E-state index contributed by atoms with van der Waals surface area (Å²) in [6, 6.07) is 9.02. The van der Waals surface area contributed by atoms with Crippen LogP contribution in [0.15, 0.2) is 30.3 Å². The molecule has 0 aromatic heterocycles. The van der Waals surface area contributed by atoms with Crippen molar-refractivity contribution in [1.82, 2.24) is 4.90 Å². The molecule has 1 aromatic rings. The Kier molecular flexibility index (Phi) is 3.35. The first kappa shape index (κ1) is 13.6. The van der Waals surface area contributed by atoms with Crippen molar-refractivity contribution in [2.24, 2.45) is 5.92 Å². The number of likely N-dealkylation sites (tertiary alicyclic amines) is 1. The minimum atomic E-state index is -0.908. The van der Waals surface area contributed by atoms with E-state index in [9.17, 15) is 14.7 Å². The summed E-state index contributed by atoms with van der Waals surface area (Å²) in [6.07, 6.45) is 0.0756. The van der Waals surface area contributed by atoms with Crippen molar-refractivity contribution in [1.29, 1.82) is 0 Å². The molecule has 1 fully saturated rings. The molecule has 102 valence electrons. The van der Waals surface area contributed by atoms with Gasteiger partial charge < -0.3 is 10.0 Å². The van der Waals surface area contributed by atoms with Gasteiger partial charge in [-0.25, -0.2) is 0 Å². The molecule has 19 heavy (non-hydrogen) atoms. The highest BCUT2D eigenvalue weighted by atomic mass is 16.4. The summed E-state index contributed by atoms with van der Waals surface area (Å²) in [4.78, 5) is 25.3. The second kappa shape index (κ2) is 4.68. The van der Waals surface area contributed by atoms with Crippen LogP contribution in [-0.2, 0) is 9.59 Å². The normalized spacial score (nSPS) is 23.7. The summed E-state index contributed by atoms with van der Waals surface area (Å²) in [7, 11) is 0. The van der Waals surface area contributed by atoms with E-state index in [2.05, 4.69) is 0 Å². The summed E-state index contributed by atoms with van der Waals surface area (Å²) >= 11 is 0. The smallest absolute Gasteiger partial charge is 0.309 e. The number of aliphatic carboxylic acids is 1. The van der Waals surface area contributed by atoms with Gasteiger partial charge in [0.25, 0.3) is 0 Å². The van der Waals surface area contributed by atoms with Crippen molar-refractivity contribution < 1.29 is 14.7 Å². The Morgan fingerprint density at radius 2 is 1.84 bits per heavy atom. The second-order valence-corrected chi connectivity index (χ2v) is 5.94. The molecular formula is C15H19NO3. The number of carboxylic acid groups (broad SMARTS) is 1. The third kappa shape index (κ3) is 2.48. The minimum absolute atomic E-state index is 0.0756. The lowest BCUT2D eigenvalue weighted by molar-refractivity contribution is -0.142. The van der Waals surface area contributed by atoms with Gasteiger partial charge in [0.05, 0.1) is 12.0 Å². The molecule has 2 atom stereocenters. The molecule has 1 N–H and O–H groups in total. The largest absolute Gasteiger partial charge is 0.481 e. The van der Waals surface area contributed by atoms with E-state index >= 15 is 0 Å². The molecule has 0 radical (unpaired) electrons. The first-order valence-corrected chi connectivity index (χ1v) is 6.42. The Morgan fingerprint density at radius 1 is 1.26 bits per heavy atom. The molecule has 2 rings (SSSR count). The summed E-state index contributed by atoms with van der Waals surface area (Å²) in [5, 5.41) is 9.37. The van der Waals surface area contributed by atoms with Crippen LogP contribution in [0.2, 0.25) is 0 Å². The van der Waals surface area contributed by atoms with E-state index in [1.807, 2.05) is 51.1 Å². The number of hydrogen-bond donors (Lipinski definition) is 1. The van der Waals surface area contributed by atoms with Gasteiger partial charge in [0, 0.05) is 12.0 Å². The Balaban J connectivity index is 2.48. The number of carboxylic acids is 1. The van der Waals surface area contributed by atoms with Crippen molar-refractivity contribution in [3.63, 3.8) is 0 Å². The number of rotatable bonds is 2. The van der Waals surface area contributed by atoms with Gasteiger partial charge in [-0.05, 0) is 26.3 Å². The van der Waals surface area contributed by atoms with Crippen LogP contribution in [0.1, 0.15) is 38.8 Å². The average molecular weight is 261 g/mol. The first-order valence-electron chi connectivity index (χ1n) is 6.42. The molecule has 1 heterocycles. The standard InChI is InChI=1S/C15H19NO3/c1-15(2,3)16-12(17)9-11(14(18)19)13(16)10-7-5-4-6-8-10/h4-8,11,13H,9H2,1-3H3,(H,18,19). The van der Waals surface area contributed by atoms with Crippen molar-refractivity contribution in [2.75, 3.05) is 0 Å². The zero-order valence-electron chi connectivity index (χ0n) is 11.5. The van der Waals surface area contributed by atoms with Crippen LogP contribution in [0.25, 0.3) is 0 Å². The van der Waals surface area contributed by atoms with E-state index in [0.29, 0.717) is 0 Å². The molecule has 0 spiro atoms. The number of nitrogens with zero attached hydrogens (tertiary/aromatic N) is 1. The van der Waals surface area contributed by atoms with E-state index in [1.165, 1.54) is 0 Å². The van der Waals surface area contributed by atoms with Crippen molar-refractivity contribution in [3.05, 3.63) is 35.9 Å². The zero-order valence-corrected chi connectivity index (χ0v) is 11.5. The summed E-state index contributed by atoms with van der Waals surface area (Å²) in [6.45, 7) is 5.81. The number of benzene rings is 1. The molecule has 4 nitrogen and oxygen atoms in total. The Labute approximate surface area is 113 Å². The van der Waals surface area contributed by atoms with Gasteiger partial charge in [0.2, 0.25) is 5.91 Å². The monoisotopic (exact) mass is 261 g/mol. The van der Waals surface area contributed by atoms with Gasteiger partial charge in [-0.3, -0.25) is 9.59 Å². The predicted molar refractivity (Wildman–Crippen MR) is 71.5 cm³/mol. The van der Waals surface area contributed by atoms with Crippen LogP contribution >= 0.6 is 0 Å². The maximum absolute atomic E-state index is 12.2. The Bertz CT molecular complexity index is 490. The van der Waals surface area contributed by atoms with E-state index in [0.717, 1.165) is 5.56 Å². The first-order chi connectivity index (χ1) is 8.82. The maximum atomic E-state index is 12.2. The van der Waals surface area contributed by atoms with E-state index in [4.69, 9.17) is 0 Å². The van der Waals surface area contributed by atoms with Crippen LogP contribution in [0.5, 0.6) is 0 Å². The Hall–Kier alpha value is -1.84. The topological polar surface area (TPSA) is 57.6 Å². The van der Waals surface area contributed by atoms with E-state index in [-0.39, 0.29) is 23.9 Å². The van der Waals surface area contributed by atoms with E-state index < -0.39 is 11.9 Å². The van der Waals surface area contributed by atoms with Crippen LogP contribution in [-0.4, -0.2) is 27.4 Å². The maximum Gasteiger partial charge on any atom is 0.309 e.